The van der Waals surface area contributed by atoms with Crippen LogP contribution < -0.4 is 0 Å². The molecule has 0 aromatic heterocycles. The lowest BCUT2D eigenvalue weighted by molar-refractivity contribution is 0.0654. The quantitative estimate of drug-likeness (QED) is 0.0768. The third-order valence-electron chi connectivity index (χ3n) is 13.0. The number of rotatable bonds is 29. The molecule has 0 aliphatic rings. The van der Waals surface area contributed by atoms with Gasteiger partial charge in [-0.05, 0) is 71.6 Å². The Morgan fingerprint density at radius 1 is 0.429 bits per heavy atom. The Kier molecular flexibility index (Phi) is 24.9. The smallest absolute Gasteiger partial charge is 0.255 e. The zero-order chi connectivity index (χ0) is 41.6. The molecule has 0 saturated heterocycles. The van der Waals surface area contributed by atoms with Crippen molar-refractivity contribution in [3.05, 3.63) is 59.7 Å². The van der Waals surface area contributed by atoms with Gasteiger partial charge in [0.05, 0.1) is 11.1 Å². The summed E-state index contributed by atoms with van der Waals surface area (Å²) in [7, 11) is 3.23. The fourth-order valence-corrected chi connectivity index (χ4v) is 10.0. The molecular weight excluding hydrogens is 725 g/mol. The number of benzene rings is 2. The summed E-state index contributed by atoms with van der Waals surface area (Å²) in [6, 6.07) is 16.3. The van der Waals surface area contributed by atoms with Crippen LogP contribution in [0.3, 0.4) is 0 Å². The Balaban J connectivity index is 2.40. The second-order valence-electron chi connectivity index (χ2n) is 18.0. The standard InChI is InChI=1S/C50H84N2O2S2/c1-13-17-25-37(5)41(9)33-51(34-42(10)38(6)26-18-14-2)49(53)45-29-21-23-31-47(45)55-56-48-32-24-22-30-46(48)50(54)52(35-43(11)39(7)27-19-15-3)36-44(12)40(8)28-20-16-4/h21-24,29-32,37-44H,13-20,25-28,33-36H2,1-12H3. The first-order valence-corrected chi connectivity index (χ1v) is 25.0. The van der Waals surface area contributed by atoms with Gasteiger partial charge < -0.3 is 9.80 Å². The second kappa shape index (κ2) is 27.7. The first kappa shape index (κ1) is 50.2. The molecule has 0 saturated carbocycles. The Hall–Kier alpha value is -1.92. The fourth-order valence-electron chi connectivity index (χ4n) is 7.70. The van der Waals surface area contributed by atoms with Crippen molar-refractivity contribution in [2.24, 2.45) is 47.3 Å². The van der Waals surface area contributed by atoms with Crippen LogP contribution in [0.5, 0.6) is 0 Å². The molecule has 0 aliphatic heterocycles. The van der Waals surface area contributed by atoms with Crippen molar-refractivity contribution in [1.29, 1.82) is 0 Å². The summed E-state index contributed by atoms with van der Waals surface area (Å²) in [6.07, 6.45) is 14.6. The maximum atomic E-state index is 14.7. The third kappa shape index (κ3) is 17.1. The number of carbonyl (C=O) groups is 2. The van der Waals surface area contributed by atoms with Crippen molar-refractivity contribution in [2.45, 2.75) is 170 Å². The van der Waals surface area contributed by atoms with E-state index >= 15 is 0 Å². The highest BCUT2D eigenvalue weighted by atomic mass is 33.1. The van der Waals surface area contributed by atoms with Gasteiger partial charge in [-0.25, -0.2) is 0 Å². The molecule has 0 spiro atoms. The number of hydrogen-bond donors (Lipinski definition) is 0. The number of unbranched alkanes of at least 4 members (excludes halogenated alkanes) is 4. The first-order valence-electron chi connectivity index (χ1n) is 22.9. The highest BCUT2D eigenvalue weighted by Crippen LogP contribution is 2.41. The summed E-state index contributed by atoms with van der Waals surface area (Å²) in [5, 5.41) is 0. The Morgan fingerprint density at radius 3 is 0.929 bits per heavy atom. The molecule has 0 fully saturated rings. The van der Waals surface area contributed by atoms with E-state index < -0.39 is 0 Å². The van der Waals surface area contributed by atoms with Crippen LogP contribution in [-0.2, 0) is 0 Å². The van der Waals surface area contributed by atoms with Crippen LogP contribution in [0, 0.1) is 47.3 Å². The van der Waals surface area contributed by atoms with Gasteiger partial charge in [-0.2, -0.15) is 0 Å². The van der Waals surface area contributed by atoms with Gasteiger partial charge in [-0.15, -0.1) is 0 Å². The van der Waals surface area contributed by atoms with Gasteiger partial charge in [0, 0.05) is 36.0 Å². The minimum Gasteiger partial charge on any atom is -0.338 e. The molecule has 2 amide bonds. The third-order valence-corrected chi connectivity index (χ3v) is 15.5. The Labute approximate surface area is 354 Å². The van der Waals surface area contributed by atoms with E-state index in [0.717, 1.165) is 47.1 Å². The zero-order valence-electron chi connectivity index (χ0n) is 38.1. The van der Waals surface area contributed by atoms with Gasteiger partial charge in [0.2, 0.25) is 0 Å². The molecule has 0 aliphatic carbocycles. The topological polar surface area (TPSA) is 40.6 Å². The van der Waals surface area contributed by atoms with E-state index in [9.17, 15) is 9.59 Å². The SMILES string of the molecule is CCCCC(C)C(C)CN(CC(C)C(C)CCCC)C(=O)c1ccccc1SSc1ccccc1C(=O)N(CC(C)C(C)CCCC)CC(C)C(C)CCCC. The largest absolute Gasteiger partial charge is 0.338 e. The van der Waals surface area contributed by atoms with Gasteiger partial charge in [0.15, 0.2) is 0 Å². The van der Waals surface area contributed by atoms with E-state index in [0.29, 0.717) is 47.3 Å². The number of amides is 2. The van der Waals surface area contributed by atoms with Crippen molar-refractivity contribution >= 4 is 33.4 Å². The van der Waals surface area contributed by atoms with Crippen molar-refractivity contribution in [1.82, 2.24) is 9.80 Å². The molecule has 0 bridgehead atoms. The van der Waals surface area contributed by atoms with Crippen LogP contribution >= 0.6 is 21.6 Å². The second-order valence-corrected chi connectivity index (χ2v) is 20.2. The van der Waals surface area contributed by atoms with Gasteiger partial charge in [0.25, 0.3) is 11.8 Å². The average molecular weight is 809 g/mol. The van der Waals surface area contributed by atoms with E-state index in [4.69, 9.17) is 0 Å². The molecule has 0 heterocycles. The minimum absolute atomic E-state index is 0.130. The molecule has 2 rings (SSSR count). The average Bonchev–Trinajstić information content (AvgIpc) is 3.20. The summed E-state index contributed by atoms with van der Waals surface area (Å²) < 4.78 is 0. The van der Waals surface area contributed by atoms with E-state index in [1.807, 2.05) is 36.4 Å². The van der Waals surface area contributed by atoms with Crippen molar-refractivity contribution in [3.8, 4) is 0 Å². The Bertz CT molecular complexity index is 1230. The summed E-state index contributed by atoms with van der Waals surface area (Å²) in [4.78, 5) is 35.6. The molecule has 56 heavy (non-hydrogen) atoms. The predicted molar refractivity (Wildman–Crippen MR) is 248 cm³/mol. The number of carbonyl (C=O) groups excluding carboxylic acids is 2. The van der Waals surface area contributed by atoms with E-state index in [1.54, 1.807) is 21.6 Å². The molecule has 0 radical (unpaired) electrons. The monoisotopic (exact) mass is 809 g/mol. The summed E-state index contributed by atoms with van der Waals surface area (Å²) in [5.74, 6) is 4.22. The van der Waals surface area contributed by atoms with Crippen molar-refractivity contribution < 1.29 is 9.59 Å². The molecule has 2 aromatic rings. The minimum atomic E-state index is 0.130. The number of hydrogen-bond acceptors (Lipinski definition) is 4. The molecular formula is C50H84N2O2S2. The van der Waals surface area contributed by atoms with Crippen molar-refractivity contribution in [3.63, 3.8) is 0 Å². The summed E-state index contributed by atoms with van der Waals surface area (Å²) >= 11 is 0. The highest BCUT2D eigenvalue weighted by Gasteiger charge is 2.28. The summed E-state index contributed by atoms with van der Waals surface area (Å²) in [6.45, 7) is 30.9. The van der Waals surface area contributed by atoms with Crippen LogP contribution in [0.15, 0.2) is 58.3 Å². The molecule has 6 heteroatoms. The number of nitrogens with zero attached hydrogens (tertiary/aromatic N) is 2. The van der Waals surface area contributed by atoms with Crippen molar-refractivity contribution in [2.75, 3.05) is 26.2 Å². The Morgan fingerprint density at radius 2 is 0.679 bits per heavy atom. The normalized spacial score (nSPS) is 16.0. The van der Waals surface area contributed by atoms with Crippen LogP contribution in [0.1, 0.15) is 181 Å². The van der Waals surface area contributed by atoms with Gasteiger partial charge in [-0.3, -0.25) is 9.59 Å². The lowest BCUT2D eigenvalue weighted by Gasteiger charge is -2.33. The van der Waals surface area contributed by atoms with Gasteiger partial charge >= 0.3 is 0 Å². The lowest BCUT2D eigenvalue weighted by atomic mass is 9.88. The lowest BCUT2D eigenvalue weighted by Crippen LogP contribution is -2.40. The maximum Gasteiger partial charge on any atom is 0.255 e. The fraction of sp³-hybridized carbons (Fsp3) is 0.720. The van der Waals surface area contributed by atoms with Crippen LogP contribution in [0.4, 0.5) is 0 Å². The predicted octanol–water partition coefficient (Wildman–Crippen LogP) is 15.2. The van der Waals surface area contributed by atoms with Crippen LogP contribution in [0.2, 0.25) is 0 Å². The highest BCUT2D eigenvalue weighted by molar-refractivity contribution is 8.76. The van der Waals surface area contributed by atoms with E-state index in [-0.39, 0.29) is 11.8 Å². The van der Waals surface area contributed by atoms with Crippen LogP contribution in [0.25, 0.3) is 0 Å². The molecule has 2 aromatic carbocycles. The van der Waals surface area contributed by atoms with E-state index in [1.165, 1.54) is 77.0 Å². The van der Waals surface area contributed by atoms with Gasteiger partial charge in [-0.1, -0.05) is 206 Å². The zero-order valence-corrected chi connectivity index (χ0v) is 39.7. The summed E-state index contributed by atoms with van der Waals surface area (Å²) in [5.41, 5.74) is 1.53. The van der Waals surface area contributed by atoms with E-state index in [2.05, 4.69) is 105 Å². The molecule has 8 atom stereocenters. The molecule has 8 unspecified atom stereocenters. The molecule has 318 valence electrons. The van der Waals surface area contributed by atoms with Gasteiger partial charge in [0.1, 0.15) is 0 Å². The molecule has 4 nitrogen and oxygen atoms in total. The maximum absolute atomic E-state index is 14.7. The molecule has 0 N–H and O–H groups in total. The van der Waals surface area contributed by atoms with Crippen LogP contribution in [-0.4, -0.2) is 47.8 Å². The first-order chi connectivity index (χ1) is 26.8.